The Morgan fingerprint density at radius 2 is 2.47 bits per heavy atom. The maximum atomic E-state index is 6.26. The molecule has 1 N–H and O–H groups in total. The number of nitrogens with zero attached hydrogens (tertiary/aromatic N) is 2. The van der Waals surface area contributed by atoms with Crippen molar-refractivity contribution in [3.8, 4) is 0 Å². The van der Waals surface area contributed by atoms with E-state index in [9.17, 15) is 0 Å². The van der Waals surface area contributed by atoms with Gasteiger partial charge in [-0.3, -0.25) is 4.68 Å². The lowest BCUT2D eigenvalue weighted by Gasteiger charge is -2.30. The molecule has 0 bridgehead atoms. The summed E-state index contributed by atoms with van der Waals surface area (Å²) < 4.78 is 18.2. The van der Waals surface area contributed by atoms with Gasteiger partial charge in [0.2, 0.25) is 0 Å². The number of nitrogens with one attached hydrogen (secondary N) is 1. The zero-order chi connectivity index (χ0) is 13.7. The maximum absolute atomic E-state index is 6.26. The van der Waals surface area contributed by atoms with E-state index in [0.717, 1.165) is 5.69 Å². The first-order valence-corrected chi connectivity index (χ1v) is 6.72. The molecule has 2 heterocycles. The molecule has 6 nitrogen and oxygen atoms in total. The molecule has 1 saturated heterocycles. The largest absolute Gasteiger partial charge is 0.383 e. The normalized spacial score (nSPS) is 21.5. The summed E-state index contributed by atoms with van der Waals surface area (Å²) in [5.41, 5.74) is 0.914. The van der Waals surface area contributed by atoms with Crippen LogP contribution >= 0.6 is 11.6 Å². The molecule has 2 rings (SSSR count). The molecule has 0 saturated carbocycles. The number of halogens is 1. The third-order valence-electron chi connectivity index (χ3n) is 3.16. The summed E-state index contributed by atoms with van der Waals surface area (Å²) >= 11 is 6.26. The quantitative estimate of drug-likeness (QED) is 0.842. The second-order valence-electron chi connectivity index (χ2n) is 4.34. The van der Waals surface area contributed by atoms with Gasteiger partial charge in [0.1, 0.15) is 6.10 Å². The molecule has 7 heteroatoms. The molecule has 0 aromatic carbocycles. The zero-order valence-electron chi connectivity index (χ0n) is 11.3. The van der Waals surface area contributed by atoms with Gasteiger partial charge in [0.25, 0.3) is 0 Å². The number of likely N-dealkylation sites (N-methyl/N-ethyl adjacent to an activating group) is 1. The van der Waals surface area contributed by atoms with Gasteiger partial charge in [-0.05, 0) is 7.05 Å². The van der Waals surface area contributed by atoms with Gasteiger partial charge in [0.05, 0.1) is 55.9 Å². The Balaban J connectivity index is 2.18. The topological polar surface area (TPSA) is 57.5 Å². The molecule has 1 aliphatic heterocycles. The van der Waals surface area contributed by atoms with Gasteiger partial charge in [-0.2, -0.15) is 5.10 Å². The lowest BCUT2D eigenvalue weighted by atomic mass is 10.1. The van der Waals surface area contributed by atoms with E-state index in [4.69, 9.17) is 25.8 Å². The number of aromatic nitrogens is 2. The fourth-order valence-corrected chi connectivity index (χ4v) is 2.49. The summed E-state index contributed by atoms with van der Waals surface area (Å²) in [6.45, 7) is 3.04. The van der Waals surface area contributed by atoms with E-state index in [0.29, 0.717) is 38.0 Å². The van der Waals surface area contributed by atoms with E-state index in [2.05, 4.69) is 10.4 Å². The number of ether oxygens (including phenoxy) is 3. The second kappa shape index (κ2) is 7.21. The minimum Gasteiger partial charge on any atom is -0.383 e. The van der Waals surface area contributed by atoms with Crippen molar-refractivity contribution < 1.29 is 14.2 Å². The Morgan fingerprint density at radius 3 is 3.11 bits per heavy atom. The molecule has 1 aromatic rings. The number of hydrogen-bond donors (Lipinski definition) is 1. The molecule has 1 aromatic heterocycles. The van der Waals surface area contributed by atoms with Crippen LogP contribution in [-0.2, 0) is 20.8 Å². The minimum atomic E-state index is -0.0609. The molecule has 108 valence electrons. The van der Waals surface area contributed by atoms with Gasteiger partial charge in [-0.25, -0.2) is 0 Å². The van der Waals surface area contributed by atoms with Crippen molar-refractivity contribution >= 4 is 11.6 Å². The van der Waals surface area contributed by atoms with E-state index >= 15 is 0 Å². The highest BCUT2D eigenvalue weighted by molar-refractivity contribution is 6.31. The Labute approximate surface area is 118 Å². The smallest absolute Gasteiger partial charge is 0.102 e. The van der Waals surface area contributed by atoms with Crippen molar-refractivity contribution in [2.45, 2.75) is 18.7 Å². The van der Waals surface area contributed by atoms with Crippen LogP contribution in [0.25, 0.3) is 0 Å². The first-order chi connectivity index (χ1) is 9.27. The van der Waals surface area contributed by atoms with Crippen LogP contribution in [0.5, 0.6) is 0 Å². The molecule has 2 unspecified atom stereocenters. The molecule has 19 heavy (non-hydrogen) atoms. The van der Waals surface area contributed by atoms with Gasteiger partial charge < -0.3 is 19.5 Å². The predicted octanol–water partition coefficient (Wildman–Crippen LogP) is 0.859. The molecule has 0 spiro atoms. The van der Waals surface area contributed by atoms with Gasteiger partial charge in [-0.15, -0.1) is 0 Å². The van der Waals surface area contributed by atoms with Gasteiger partial charge >= 0.3 is 0 Å². The fraction of sp³-hybridized carbons (Fsp3) is 0.750. The van der Waals surface area contributed by atoms with Gasteiger partial charge in [-0.1, -0.05) is 11.6 Å². The standard InChI is InChI=1S/C12H20ClN3O3/c1-14-11(10-8-18-5-6-19-10)12-9(13)7-15-16(12)3-4-17-2/h7,10-11,14H,3-6,8H2,1-2H3. The van der Waals surface area contributed by atoms with Crippen LogP contribution in [0, 0.1) is 0 Å². The van der Waals surface area contributed by atoms with Crippen molar-refractivity contribution in [3.05, 3.63) is 16.9 Å². The Bertz CT molecular complexity index is 394. The third-order valence-corrected chi connectivity index (χ3v) is 3.45. The summed E-state index contributed by atoms with van der Waals surface area (Å²) in [4.78, 5) is 0. The third kappa shape index (κ3) is 3.46. The van der Waals surface area contributed by atoms with E-state index in [1.165, 1.54) is 0 Å². The Kier molecular flexibility index (Phi) is 5.59. The van der Waals surface area contributed by atoms with Crippen molar-refractivity contribution in [1.29, 1.82) is 0 Å². The SMILES string of the molecule is CNC(c1c(Cl)cnn1CCOC)C1COCCO1. The maximum Gasteiger partial charge on any atom is 0.102 e. The van der Waals surface area contributed by atoms with E-state index in [1.54, 1.807) is 13.3 Å². The fourth-order valence-electron chi connectivity index (χ4n) is 2.23. The average Bonchev–Trinajstić information content (AvgIpc) is 2.80. The lowest BCUT2D eigenvalue weighted by Crippen LogP contribution is -2.40. The molecule has 1 fully saturated rings. The molecule has 0 amide bonds. The number of rotatable bonds is 6. The summed E-state index contributed by atoms with van der Waals surface area (Å²) in [5.74, 6) is 0. The summed E-state index contributed by atoms with van der Waals surface area (Å²) in [7, 11) is 3.55. The van der Waals surface area contributed by atoms with E-state index in [-0.39, 0.29) is 12.1 Å². The second-order valence-corrected chi connectivity index (χ2v) is 4.75. The highest BCUT2D eigenvalue weighted by atomic mass is 35.5. The predicted molar refractivity (Wildman–Crippen MR) is 71.5 cm³/mol. The molecule has 1 aliphatic rings. The first kappa shape index (κ1) is 14.7. The van der Waals surface area contributed by atoms with Crippen LogP contribution in [0.3, 0.4) is 0 Å². The molecule has 0 aliphatic carbocycles. The van der Waals surface area contributed by atoms with Crippen molar-refractivity contribution in [2.24, 2.45) is 0 Å². The van der Waals surface area contributed by atoms with Crippen LogP contribution in [0.4, 0.5) is 0 Å². The van der Waals surface area contributed by atoms with Crippen molar-refractivity contribution in [1.82, 2.24) is 15.1 Å². The highest BCUT2D eigenvalue weighted by Gasteiger charge is 2.30. The summed E-state index contributed by atoms with van der Waals surface area (Å²) in [6, 6.07) is -0.0489. The Morgan fingerprint density at radius 1 is 1.63 bits per heavy atom. The van der Waals surface area contributed by atoms with Crippen molar-refractivity contribution in [3.63, 3.8) is 0 Å². The van der Waals surface area contributed by atoms with Crippen LogP contribution in [0.1, 0.15) is 11.7 Å². The average molecular weight is 290 g/mol. The number of methoxy groups -OCH3 is 1. The molecule has 0 radical (unpaired) electrons. The molecular weight excluding hydrogens is 270 g/mol. The van der Waals surface area contributed by atoms with E-state index < -0.39 is 0 Å². The lowest BCUT2D eigenvalue weighted by molar-refractivity contribution is -0.102. The molecule has 2 atom stereocenters. The zero-order valence-corrected chi connectivity index (χ0v) is 12.0. The summed E-state index contributed by atoms with van der Waals surface area (Å²) in [6.07, 6.45) is 1.59. The summed E-state index contributed by atoms with van der Waals surface area (Å²) in [5, 5.41) is 8.16. The molecular formula is C12H20ClN3O3. The van der Waals surface area contributed by atoms with Crippen LogP contribution in [0.2, 0.25) is 5.02 Å². The van der Waals surface area contributed by atoms with Gasteiger partial charge in [0, 0.05) is 7.11 Å². The minimum absolute atomic E-state index is 0.0489. The van der Waals surface area contributed by atoms with E-state index in [1.807, 2.05) is 11.7 Å². The first-order valence-electron chi connectivity index (χ1n) is 6.34. The van der Waals surface area contributed by atoms with Gasteiger partial charge in [0.15, 0.2) is 0 Å². The van der Waals surface area contributed by atoms with Crippen LogP contribution in [-0.4, -0.2) is 56.5 Å². The highest BCUT2D eigenvalue weighted by Crippen LogP contribution is 2.27. The van der Waals surface area contributed by atoms with Crippen molar-refractivity contribution in [2.75, 3.05) is 40.6 Å². The van der Waals surface area contributed by atoms with Crippen LogP contribution < -0.4 is 5.32 Å². The monoisotopic (exact) mass is 289 g/mol. The van der Waals surface area contributed by atoms with Crippen LogP contribution in [0.15, 0.2) is 6.20 Å². The number of hydrogen-bond acceptors (Lipinski definition) is 5. The Hall–Kier alpha value is -0.660.